The summed E-state index contributed by atoms with van der Waals surface area (Å²) in [4.78, 5) is 14.2. The van der Waals surface area contributed by atoms with Gasteiger partial charge in [0.05, 0.1) is 34.4 Å². The highest BCUT2D eigenvalue weighted by Crippen LogP contribution is 2.39. The van der Waals surface area contributed by atoms with E-state index in [1.54, 1.807) is 62.6 Å². The summed E-state index contributed by atoms with van der Waals surface area (Å²) in [6.07, 6.45) is -0.856. The van der Waals surface area contributed by atoms with E-state index >= 15 is 0 Å². The Hall–Kier alpha value is -2.93. The van der Waals surface area contributed by atoms with Crippen molar-refractivity contribution in [2.75, 3.05) is 33.2 Å². The van der Waals surface area contributed by atoms with Gasteiger partial charge in [-0.05, 0) is 36.4 Å². The Morgan fingerprint density at radius 3 is 2.31 bits per heavy atom. The third-order valence-electron chi connectivity index (χ3n) is 4.42. The standard InChI is InChI=1S/C19H22N2O5/c1-24-13-6-4-12(5-7-13)20-19(23)21-10-14-16(25-2)8-9-17(26-3)18(14)15(22)11-21/h4-9,15,22H,10-11H2,1-3H3,(H,20,23). The largest absolute Gasteiger partial charge is 0.497 e. The van der Waals surface area contributed by atoms with E-state index < -0.39 is 6.10 Å². The fourth-order valence-corrected chi connectivity index (χ4v) is 3.11. The molecule has 0 bridgehead atoms. The Labute approximate surface area is 152 Å². The van der Waals surface area contributed by atoms with E-state index in [1.165, 1.54) is 0 Å². The van der Waals surface area contributed by atoms with Gasteiger partial charge in [0, 0.05) is 16.8 Å². The minimum atomic E-state index is -0.856. The SMILES string of the molecule is COc1ccc(NC(=O)N2Cc3c(OC)ccc(OC)c3C(O)C2)cc1. The summed E-state index contributed by atoms with van der Waals surface area (Å²) in [7, 11) is 4.70. The second-order valence-corrected chi connectivity index (χ2v) is 5.92. The summed E-state index contributed by atoms with van der Waals surface area (Å²) in [5.74, 6) is 1.91. The van der Waals surface area contributed by atoms with Gasteiger partial charge in [0.15, 0.2) is 0 Å². The first kappa shape index (κ1) is 17.9. The number of carbonyl (C=O) groups excluding carboxylic acids is 1. The topological polar surface area (TPSA) is 80.3 Å². The lowest BCUT2D eigenvalue weighted by Gasteiger charge is -2.34. The molecule has 1 heterocycles. The maximum Gasteiger partial charge on any atom is 0.322 e. The molecule has 1 unspecified atom stereocenters. The van der Waals surface area contributed by atoms with E-state index in [4.69, 9.17) is 14.2 Å². The second kappa shape index (κ2) is 7.53. The molecule has 2 aromatic carbocycles. The first-order chi connectivity index (χ1) is 12.6. The third-order valence-corrected chi connectivity index (χ3v) is 4.42. The van der Waals surface area contributed by atoms with Gasteiger partial charge in [-0.1, -0.05) is 0 Å². The lowest BCUT2D eigenvalue weighted by Crippen LogP contribution is -2.41. The number of carbonyl (C=O) groups is 1. The number of anilines is 1. The van der Waals surface area contributed by atoms with E-state index in [0.717, 1.165) is 5.56 Å². The van der Waals surface area contributed by atoms with Crippen LogP contribution in [0.15, 0.2) is 36.4 Å². The number of nitrogens with one attached hydrogen (secondary N) is 1. The number of hydrogen-bond acceptors (Lipinski definition) is 5. The van der Waals surface area contributed by atoms with Crippen LogP contribution in [0.5, 0.6) is 17.2 Å². The Morgan fingerprint density at radius 1 is 1.04 bits per heavy atom. The minimum absolute atomic E-state index is 0.165. The van der Waals surface area contributed by atoms with Crippen molar-refractivity contribution in [3.8, 4) is 17.2 Å². The number of aliphatic hydroxyl groups is 1. The van der Waals surface area contributed by atoms with Crippen molar-refractivity contribution in [1.29, 1.82) is 0 Å². The van der Waals surface area contributed by atoms with Crippen LogP contribution in [0.2, 0.25) is 0 Å². The van der Waals surface area contributed by atoms with Gasteiger partial charge in [-0.3, -0.25) is 0 Å². The molecule has 0 saturated heterocycles. The van der Waals surface area contributed by atoms with Gasteiger partial charge in [0.1, 0.15) is 23.4 Å². The Bertz CT molecular complexity index is 791. The van der Waals surface area contributed by atoms with Gasteiger partial charge in [-0.15, -0.1) is 0 Å². The minimum Gasteiger partial charge on any atom is -0.497 e. The van der Waals surface area contributed by atoms with Crippen LogP contribution in [0.25, 0.3) is 0 Å². The van der Waals surface area contributed by atoms with Crippen LogP contribution < -0.4 is 19.5 Å². The van der Waals surface area contributed by atoms with Crippen molar-refractivity contribution in [2.24, 2.45) is 0 Å². The van der Waals surface area contributed by atoms with Crippen LogP contribution >= 0.6 is 0 Å². The number of aliphatic hydroxyl groups excluding tert-OH is 1. The molecule has 7 nitrogen and oxygen atoms in total. The van der Waals surface area contributed by atoms with E-state index in [0.29, 0.717) is 35.0 Å². The summed E-state index contributed by atoms with van der Waals surface area (Å²) in [6, 6.07) is 10.3. The second-order valence-electron chi connectivity index (χ2n) is 5.92. The van der Waals surface area contributed by atoms with E-state index in [2.05, 4.69) is 5.32 Å². The molecule has 26 heavy (non-hydrogen) atoms. The number of nitrogens with zero attached hydrogens (tertiary/aromatic N) is 1. The Balaban J connectivity index is 1.82. The number of benzene rings is 2. The lowest BCUT2D eigenvalue weighted by atomic mass is 9.95. The highest BCUT2D eigenvalue weighted by atomic mass is 16.5. The van der Waals surface area contributed by atoms with Gasteiger partial charge in [-0.2, -0.15) is 0 Å². The van der Waals surface area contributed by atoms with Crippen molar-refractivity contribution in [3.63, 3.8) is 0 Å². The molecule has 0 spiro atoms. The summed E-state index contributed by atoms with van der Waals surface area (Å²) >= 11 is 0. The van der Waals surface area contributed by atoms with E-state index in [9.17, 15) is 9.90 Å². The molecule has 0 aromatic heterocycles. The molecule has 2 aromatic rings. The first-order valence-electron chi connectivity index (χ1n) is 8.19. The fraction of sp³-hybridized carbons (Fsp3) is 0.316. The molecule has 138 valence electrons. The smallest absolute Gasteiger partial charge is 0.322 e. The highest BCUT2D eigenvalue weighted by Gasteiger charge is 2.31. The molecular formula is C19H22N2O5. The molecule has 0 fully saturated rings. The highest BCUT2D eigenvalue weighted by molar-refractivity contribution is 5.89. The van der Waals surface area contributed by atoms with Crippen molar-refractivity contribution < 1.29 is 24.1 Å². The molecule has 7 heteroatoms. The lowest BCUT2D eigenvalue weighted by molar-refractivity contribution is 0.105. The molecule has 0 saturated carbocycles. The number of ether oxygens (including phenoxy) is 3. The summed E-state index contributed by atoms with van der Waals surface area (Å²) in [5, 5.41) is 13.4. The van der Waals surface area contributed by atoms with Crippen LogP contribution in [0.4, 0.5) is 10.5 Å². The maximum atomic E-state index is 12.6. The van der Waals surface area contributed by atoms with Gasteiger partial charge in [0.2, 0.25) is 0 Å². The zero-order valence-electron chi connectivity index (χ0n) is 15.0. The number of methoxy groups -OCH3 is 3. The Morgan fingerprint density at radius 2 is 1.69 bits per heavy atom. The monoisotopic (exact) mass is 358 g/mol. The number of hydrogen-bond donors (Lipinski definition) is 2. The predicted molar refractivity (Wildman–Crippen MR) is 96.9 cm³/mol. The molecule has 1 aliphatic rings. The van der Waals surface area contributed by atoms with Crippen LogP contribution in [0.1, 0.15) is 17.2 Å². The van der Waals surface area contributed by atoms with Crippen molar-refractivity contribution in [2.45, 2.75) is 12.6 Å². The number of rotatable bonds is 4. The quantitative estimate of drug-likeness (QED) is 0.878. The average molecular weight is 358 g/mol. The van der Waals surface area contributed by atoms with Crippen molar-refractivity contribution in [3.05, 3.63) is 47.5 Å². The average Bonchev–Trinajstić information content (AvgIpc) is 2.67. The van der Waals surface area contributed by atoms with Crippen molar-refractivity contribution >= 4 is 11.7 Å². The molecular weight excluding hydrogens is 336 g/mol. The van der Waals surface area contributed by atoms with Crippen molar-refractivity contribution in [1.82, 2.24) is 4.90 Å². The van der Waals surface area contributed by atoms with Crippen LogP contribution in [-0.4, -0.2) is 43.9 Å². The van der Waals surface area contributed by atoms with Gasteiger partial charge in [0.25, 0.3) is 0 Å². The van der Waals surface area contributed by atoms with Crippen LogP contribution in [0, 0.1) is 0 Å². The summed E-state index contributed by atoms with van der Waals surface area (Å²) < 4.78 is 15.9. The normalized spacial score (nSPS) is 15.8. The Kier molecular flexibility index (Phi) is 5.18. The summed E-state index contributed by atoms with van der Waals surface area (Å²) in [6.45, 7) is 0.479. The third kappa shape index (κ3) is 3.39. The molecule has 0 radical (unpaired) electrons. The van der Waals surface area contributed by atoms with E-state index in [1.807, 2.05) is 0 Å². The number of fused-ring (bicyclic) bond motifs is 1. The van der Waals surface area contributed by atoms with Gasteiger partial charge < -0.3 is 29.5 Å². The van der Waals surface area contributed by atoms with Gasteiger partial charge >= 0.3 is 6.03 Å². The number of β-amino-alcohol motifs (C(OH)–C–C–N with tert-alkyl or cyclic N) is 1. The predicted octanol–water partition coefficient (Wildman–Crippen LogP) is 2.79. The fourth-order valence-electron chi connectivity index (χ4n) is 3.11. The molecule has 1 aliphatic heterocycles. The summed E-state index contributed by atoms with van der Waals surface area (Å²) in [5.41, 5.74) is 2.06. The molecule has 3 rings (SSSR count). The molecule has 2 N–H and O–H groups in total. The first-order valence-corrected chi connectivity index (χ1v) is 8.19. The zero-order valence-corrected chi connectivity index (χ0v) is 15.0. The molecule has 2 amide bonds. The van der Waals surface area contributed by atoms with Gasteiger partial charge in [-0.25, -0.2) is 4.79 Å². The molecule has 1 atom stereocenters. The van der Waals surface area contributed by atoms with Crippen LogP contribution in [-0.2, 0) is 6.54 Å². The number of amides is 2. The number of urea groups is 1. The molecule has 0 aliphatic carbocycles. The van der Waals surface area contributed by atoms with E-state index in [-0.39, 0.29) is 12.6 Å². The van der Waals surface area contributed by atoms with Crippen LogP contribution in [0.3, 0.4) is 0 Å². The maximum absolute atomic E-state index is 12.6. The zero-order chi connectivity index (χ0) is 18.7.